The predicted molar refractivity (Wildman–Crippen MR) is 103 cm³/mol. The first-order valence-corrected chi connectivity index (χ1v) is 8.89. The number of likely N-dealkylation sites (N-methyl/N-ethyl adjacent to an activating group) is 1. The van der Waals surface area contributed by atoms with Gasteiger partial charge in [-0.1, -0.05) is 12.1 Å². The molecule has 0 spiro atoms. The molecule has 1 aliphatic rings. The monoisotopic (exact) mass is 370 g/mol. The Balaban J connectivity index is 0.00000312. The average molecular weight is 371 g/mol. The molecule has 1 unspecified atom stereocenters. The van der Waals surface area contributed by atoms with Crippen molar-refractivity contribution in [3.8, 4) is 5.75 Å². The molecule has 142 valence electrons. The second-order valence-electron chi connectivity index (χ2n) is 6.28. The number of carbonyl (C=O) groups excluding carboxylic acids is 1. The first kappa shape index (κ1) is 21.7. The van der Waals surface area contributed by atoms with E-state index in [1.165, 1.54) is 5.56 Å². The van der Waals surface area contributed by atoms with Crippen molar-refractivity contribution in [2.24, 2.45) is 0 Å². The molecule has 1 aromatic rings. The number of hydrogen-bond acceptors (Lipinski definition) is 4. The normalized spacial score (nSPS) is 16.6. The molecule has 25 heavy (non-hydrogen) atoms. The van der Waals surface area contributed by atoms with Crippen molar-refractivity contribution in [2.75, 3.05) is 40.5 Å². The van der Waals surface area contributed by atoms with E-state index in [4.69, 9.17) is 9.47 Å². The fourth-order valence-corrected chi connectivity index (χ4v) is 3.14. The summed E-state index contributed by atoms with van der Waals surface area (Å²) in [6, 6.07) is 8.45. The van der Waals surface area contributed by atoms with Crippen molar-refractivity contribution < 1.29 is 14.3 Å². The van der Waals surface area contributed by atoms with Crippen LogP contribution in [-0.4, -0.2) is 57.3 Å². The third kappa shape index (κ3) is 7.22. The lowest BCUT2D eigenvalue weighted by Gasteiger charge is -2.24. The highest BCUT2D eigenvalue weighted by atomic mass is 35.5. The largest absolute Gasteiger partial charge is 0.494 e. The maximum atomic E-state index is 12.3. The quantitative estimate of drug-likeness (QED) is 0.643. The second kappa shape index (κ2) is 12.1. The van der Waals surface area contributed by atoms with Gasteiger partial charge in [-0.05, 0) is 50.4 Å². The van der Waals surface area contributed by atoms with E-state index in [0.29, 0.717) is 19.1 Å². The van der Waals surface area contributed by atoms with Gasteiger partial charge in [-0.15, -0.1) is 12.4 Å². The van der Waals surface area contributed by atoms with E-state index in [1.807, 2.05) is 24.1 Å². The van der Waals surface area contributed by atoms with Crippen LogP contribution in [0.15, 0.2) is 24.3 Å². The lowest BCUT2D eigenvalue weighted by molar-refractivity contribution is -0.132. The Morgan fingerprint density at radius 3 is 2.72 bits per heavy atom. The van der Waals surface area contributed by atoms with Gasteiger partial charge in [0.2, 0.25) is 5.91 Å². The minimum absolute atomic E-state index is 0. The number of rotatable bonds is 10. The first-order chi connectivity index (χ1) is 11.7. The summed E-state index contributed by atoms with van der Waals surface area (Å²) in [5.74, 6) is 1.11. The zero-order chi connectivity index (χ0) is 17.2. The minimum Gasteiger partial charge on any atom is -0.494 e. The molecule has 6 heteroatoms. The van der Waals surface area contributed by atoms with E-state index in [-0.39, 0.29) is 18.3 Å². The number of halogens is 1. The van der Waals surface area contributed by atoms with Gasteiger partial charge in [0.25, 0.3) is 0 Å². The SMILES string of the molecule is CNCC1CCCN1C(=O)CCCOc1ccc(CCOC)cc1.Cl. The van der Waals surface area contributed by atoms with Crippen molar-refractivity contribution in [1.82, 2.24) is 10.2 Å². The zero-order valence-electron chi connectivity index (χ0n) is 15.3. The van der Waals surface area contributed by atoms with E-state index in [1.54, 1.807) is 7.11 Å². The summed E-state index contributed by atoms with van der Waals surface area (Å²) in [5.41, 5.74) is 1.24. The van der Waals surface area contributed by atoms with Crippen molar-refractivity contribution >= 4 is 18.3 Å². The Morgan fingerprint density at radius 2 is 2.04 bits per heavy atom. The van der Waals surface area contributed by atoms with Crippen LogP contribution in [0.3, 0.4) is 0 Å². The van der Waals surface area contributed by atoms with Crippen LogP contribution in [0, 0.1) is 0 Å². The van der Waals surface area contributed by atoms with Crippen molar-refractivity contribution in [3.05, 3.63) is 29.8 Å². The van der Waals surface area contributed by atoms with Gasteiger partial charge < -0.3 is 19.7 Å². The van der Waals surface area contributed by atoms with Crippen LogP contribution in [-0.2, 0) is 16.0 Å². The van der Waals surface area contributed by atoms with Crippen LogP contribution in [0.2, 0.25) is 0 Å². The molecule has 5 nitrogen and oxygen atoms in total. The van der Waals surface area contributed by atoms with Crippen LogP contribution < -0.4 is 10.1 Å². The predicted octanol–water partition coefficient (Wildman–Crippen LogP) is 2.67. The van der Waals surface area contributed by atoms with Gasteiger partial charge in [-0.2, -0.15) is 0 Å². The molecule has 0 radical (unpaired) electrons. The highest BCUT2D eigenvalue weighted by Crippen LogP contribution is 2.18. The van der Waals surface area contributed by atoms with E-state index in [9.17, 15) is 4.79 Å². The van der Waals surface area contributed by atoms with Crippen LogP contribution in [0.4, 0.5) is 0 Å². The number of nitrogens with one attached hydrogen (secondary N) is 1. The lowest BCUT2D eigenvalue weighted by atomic mass is 10.1. The van der Waals surface area contributed by atoms with Gasteiger partial charge in [-0.3, -0.25) is 4.79 Å². The number of nitrogens with zero attached hydrogens (tertiary/aromatic N) is 1. The number of ether oxygens (including phenoxy) is 2. The van der Waals surface area contributed by atoms with Crippen LogP contribution in [0.5, 0.6) is 5.75 Å². The number of hydrogen-bond donors (Lipinski definition) is 1. The third-order valence-electron chi connectivity index (χ3n) is 4.46. The van der Waals surface area contributed by atoms with Gasteiger partial charge >= 0.3 is 0 Å². The summed E-state index contributed by atoms with van der Waals surface area (Å²) >= 11 is 0. The van der Waals surface area contributed by atoms with E-state index in [0.717, 1.165) is 51.1 Å². The summed E-state index contributed by atoms with van der Waals surface area (Å²) in [7, 11) is 3.65. The standard InChI is InChI=1S/C19H30N2O3.ClH/c1-20-15-17-5-3-12-21(17)19(22)6-4-13-24-18-9-7-16(8-10-18)11-14-23-2;/h7-10,17,20H,3-6,11-15H2,1-2H3;1H. The maximum Gasteiger partial charge on any atom is 0.222 e. The second-order valence-corrected chi connectivity index (χ2v) is 6.28. The number of methoxy groups -OCH3 is 1. The molecule has 1 fully saturated rings. The summed E-state index contributed by atoms with van der Waals surface area (Å²) in [6.07, 6.45) is 4.45. The van der Waals surface area contributed by atoms with E-state index >= 15 is 0 Å². The van der Waals surface area contributed by atoms with E-state index in [2.05, 4.69) is 17.4 Å². The van der Waals surface area contributed by atoms with Crippen molar-refractivity contribution in [3.63, 3.8) is 0 Å². The average Bonchev–Trinajstić information content (AvgIpc) is 3.06. The molecule has 1 saturated heterocycles. The molecular weight excluding hydrogens is 340 g/mol. The summed E-state index contributed by atoms with van der Waals surface area (Å²) in [6.45, 7) is 3.09. The molecule has 1 atom stereocenters. The maximum absolute atomic E-state index is 12.3. The Bertz CT molecular complexity index is 496. The minimum atomic E-state index is 0. The number of amides is 1. The number of likely N-dealkylation sites (tertiary alicyclic amines) is 1. The Kier molecular flexibility index (Phi) is 10.5. The van der Waals surface area contributed by atoms with Crippen LogP contribution in [0.1, 0.15) is 31.2 Å². The molecular formula is C19H31ClN2O3. The summed E-state index contributed by atoms with van der Waals surface area (Å²) in [5, 5.41) is 3.17. The van der Waals surface area contributed by atoms with Crippen LogP contribution in [0.25, 0.3) is 0 Å². The van der Waals surface area contributed by atoms with Crippen molar-refractivity contribution in [1.29, 1.82) is 0 Å². The zero-order valence-corrected chi connectivity index (χ0v) is 16.1. The molecule has 0 aromatic heterocycles. The fraction of sp³-hybridized carbons (Fsp3) is 0.632. The molecule has 1 aliphatic heterocycles. The molecule has 1 N–H and O–H groups in total. The molecule has 1 amide bonds. The highest BCUT2D eigenvalue weighted by Gasteiger charge is 2.27. The highest BCUT2D eigenvalue weighted by molar-refractivity contribution is 5.85. The van der Waals surface area contributed by atoms with Crippen molar-refractivity contribution in [2.45, 2.75) is 38.1 Å². The van der Waals surface area contributed by atoms with Gasteiger partial charge in [0, 0.05) is 32.7 Å². The Hall–Kier alpha value is -1.30. The smallest absolute Gasteiger partial charge is 0.222 e. The number of benzene rings is 1. The molecule has 0 saturated carbocycles. The van der Waals surface area contributed by atoms with Gasteiger partial charge in [0.15, 0.2) is 0 Å². The molecule has 1 aromatic carbocycles. The number of carbonyl (C=O) groups is 1. The summed E-state index contributed by atoms with van der Waals surface area (Å²) < 4.78 is 10.8. The van der Waals surface area contributed by atoms with Gasteiger partial charge in [-0.25, -0.2) is 0 Å². The first-order valence-electron chi connectivity index (χ1n) is 8.89. The summed E-state index contributed by atoms with van der Waals surface area (Å²) in [4.78, 5) is 14.3. The Labute approximate surface area is 157 Å². The fourth-order valence-electron chi connectivity index (χ4n) is 3.14. The molecule has 0 bridgehead atoms. The van der Waals surface area contributed by atoms with Gasteiger partial charge in [0.1, 0.15) is 5.75 Å². The Morgan fingerprint density at radius 1 is 1.28 bits per heavy atom. The van der Waals surface area contributed by atoms with E-state index < -0.39 is 0 Å². The molecule has 1 heterocycles. The van der Waals surface area contributed by atoms with Crippen LogP contribution >= 0.6 is 12.4 Å². The molecule has 0 aliphatic carbocycles. The van der Waals surface area contributed by atoms with Gasteiger partial charge in [0.05, 0.1) is 13.2 Å². The third-order valence-corrected chi connectivity index (χ3v) is 4.46. The topological polar surface area (TPSA) is 50.8 Å². The molecule has 2 rings (SSSR count). The lowest BCUT2D eigenvalue weighted by Crippen LogP contribution is -2.40.